The van der Waals surface area contributed by atoms with Gasteiger partial charge in [0.1, 0.15) is 0 Å². The second kappa shape index (κ2) is 5.52. The molecule has 1 amide bonds. The van der Waals surface area contributed by atoms with Crippen molar-refractivity contribution in [3.8, 4) is 0 Å². The van der Waals surface area contributed by atoms with E-state index in [1.807, 2.05) is 37.3 Å². The molecule has 1 heterocycles. The lowest BCUT2D eigenvalue weighted by Gasteiger charge is -2.07. The number of amides is 1. The molecule has 3 rings (SSSR count). The highest BCUT2D eigenvalue weighted by Crippen LogP contribution is 2.14. The zero-order chi connectivity index (χ0) is 15.7. The Hall–Kier alpha value is -2.82. The zero-order valence-electron chi connectivity index (χ0n) is 12.4. The third kappa shape index (κ3) is 2.53. The van der Waals surface area contributed by atoms with E-state index in [9.17, 15) is 9.59 Å². The van der Waals surface area contributed by atoms with Crippen LogP contribution in [-0.2, 0) is 13.6 Å². The molecule has 5 nitrogen and oxygen atoms in total. The highest BCUT2D eigenvalue weighted by atomic mass is 16.4. The summed E-state index contributed by atoms with van der Waals surface area (Å²) in [4.78, 5) is 23.7. The lowest BCUT2D eigenvalue weighted by Crippen LogP contribution is -2.23. The van der Waals surface area contributed by atoms with Gasteiger partial charge in [0.15, 0.2) is 5.58 Å². The molecule has 112 valence electrons. The Balaban J connectivity index is 1.79. The molecule has 0 bridgehead atoms. The number of nitrogens with one attached hydrogen (secondary N) is 1. The van der Waals surface area contributed by atoms with Crippen molar-refractivity contribution >= 4 is 17.0 Å². The van der Waals surface area contributed by atoms with Crippen LogP contribution < -0.4 is 11.1 Å². The summed E-state index contributed by atoms with van der Waals surface area (Å²) in [6.07, 6.45) is 0. The lowest BCUT2D eigenvalue weighted by atomic mass is 10.1. The summed E-state index contributed by atoms with van der Waals surface area (Å²) in [5.41, 5.74) is 3.77. The molecular weight excluding hydrogens is 280 g/mol. The van der Waals surface area contributed by atoms with Crippen LogP contribution in [0.4, 0.5) is 0 Å². The van der Waals surface area contributed by atoms with Crippen LogP contribution >= 0.6 is 0 Å². The molecule has 3 aromatic rings. The van der Waals surface area contributed by atoms with E-state index in [0.29, 0.717) is 23.2 Å². The Morgan fingerprint density at radius 2 is 2.00 bits per heavy atom. The fourth-order valence-electron chi connectivity index (χ4n) is 2.39. The maximum atomic E-state index is 12.2. The number of aromatic nitrogens is 1. The van der Waals surface area contributed by atoms with E-state index in [1.165, 1.54) is 4.57 Å². The van der Waals surface area contributed by atoms with E-state index < -0.39 is 5.76 Å². The van der Waals surface area contributed by atoms with Crippen LogP contribution in [0.3, 0.4) is 0 Å². The number of oxazole rings is 1. The molecular formula is C17H16N2O3. The first-order valence-corrected chi connectivity index (χ1v) is 6.98. The lowest BCUT2D eigenvalue weighted by molar-refractivity contribution is 0.0950. The molecule has 0 atom stereocenters. The molecule has 1 aromatic heterocycles. The molecule has 22 heavy (non-hydrogen) atoms. The van der Waals surface area contributed by atoms with Gasteiger partial charge >= 0.3 is 5.76 Å². The number of benzene rings is 2. The summed E-state index contributed by atoms with van der Waals surface area (Å²) in [6.45, 7) is 2.30. The van der Waals surface area contributed by atoms with Crippen LogP contribution in [0.15, 0.2) is 51.7 Å². The predicted molar refractivity (Wildman–Crippen MR) is 83.8 cm³/mol. The number of carbonyl (C=O) groups excluding carboxylic acids is 1. The molecule has 0 aliphatic carbocycles. The highest BCUT2D eigenvalue weighted by molar-refractivity contribution is 5.95. The first-order valence-electron chi connectivity index (χ1n) is 6.98. The van der Waals surface area contributed by atoms with Gasteiger partial charge in [0.05, 0.1) is 5.52 Å². The number of nitrogens with zero attached hydrogens (tertiary/aromatic N) is 1. The van der Waals surface area contributed by atoms with Crippen molar-refractivity contribution in [1.29, 1.82) is 0 Å². The summed E-state index contributed by atoms with van der Waals surface area (Å²) >= 11 is 0. The molecule has 0 unspecified atom stereocenters. The maximum absolute atomic E-state index is 12.2. The minimum atomic E-state index is -0.393. The maximum Gasteiger partial charge on any atom is 0.419 e. The molecule has 1 N–H and O–H groups in total. The monoisotopic (exact) mass is 296 g/mol. The Labute approximate surface area is 127 Å². The quantitative estimate of drug-likeness (QED) is 0.807. The van der Waals surface area contributed by atoms with Crippen molar-refractivity contribution < 1.29 is 9.21 Å². The molecule has 0 aliphatic heterocycles. The summed E-state index contributed by atoms with van der Waals surface area (Å²) in [5, 5.41) is 2.89. The third-order valence-electron chi connectivity index (χ3n) is 3.70. The number of aryl methyl sites for hydroxylation is 2. The first-order chi connectivity index (χ1) is 10.6. The van der Waals surface area contributed by atoms with Gasteiger partial charge in [0, 0.05) is 19.2 Å². The van der Waals surface area contributed by atoms with Crippen LogP contribution in [0.25, 0.3) is 11.1 Å². The van der Waals surface area contributed by atoms with Crippen LogP contribution in [0.1, 0.15) is 21.5 Å². The molecule has 5 heteroatoms. The van der Waals surface area contributed by atoms with Gasteiger partial charge < -0.3 is 9.73 Å². The second-order valence-corrected chi connectivity index (χ2v) is 5.23. The van der Waals surface area contributed by atoms with E-state index in [4.69, 9.17) is 4.42 Å². The number of fused-ring (bicyclic) bond motifs is 1. The molecule has 0 fully saturated rings. The minimum absolute atomic E-state index is 0.112. The SMILES string of the molecule is Cc1ccccc1C(=O)NCc1ccc2oc(=O)n(C)c2c1. The minimum Gasteiger partial charge on any atom is -0.408 e. The van der Waals surface area contributed by atoms with Crippen LogP contribution in [0.5, 0.6) is 0 Å². The summed E-state index contributed by atoms with van der Waals surface area (Å²) < 4.78 is 6.53. The number of carbonyl (C=O) groups is 1. The second-order valence-electron chi connectivity index (χ2n) is 5.23. The Bertz CT molecular complexity index is 906. The zero-order valence-corrected chi connectivity index (χ0v) is 12.4. The van der Waals surface area contributed by atoms with Gasteiger partial charge in [-0.05, 0) is 36.2 Å². The smallest absolute Gasteiger partial charge is 0.408 e. The Morgan fingerprint density at radius 3 is 2.77 bits per heavy atom. The van der Waals surface area contributed by atoms with Crippen molar-refractivity contribution in [2.45, 2.75) is 13.5 Å². The fraction of sp³-hybridized carbons (Fsp3) is 0.176. The molecule has 0 aliphatic rings. The molecule has 2 aromatic carbocycles. The molecule has 0 spiro atoms. The highest BCUT2D eigenvalue weighted by Gasteiger charge is 2.09. The van der Waals surface area contributed by atoms with Gasteiger partial charge in [-0.25, -0.2) is 4.79 Å². The summed E-state index contributed by atoms with van der Waals surface area (Å²) in [6, 6.07) is 12.9. The van der Waals surface area contributed by atoms with Crippen LogP contribution in [0, 0.1) is 6.92 Å². The van der Waals surface area contributed by atoms with E-state index in [0.717, 1.165) is 11.1 Å². The van der Waals surface area contributed by atoms with E-state index in [2.05, 4.69) is 5.32 Å². The first kappa shape index (κ1) is 14.1. The van der Waals surface area contributed by atoms with Gasteiger partial charge in [-0.1, -0.05) is 24.3 Å². The topological polar surface area (TPSA) is 64.2 Å². The van der Waals surface area contributed by atoms with Gasteiger partial charge in [0.2, 0.25) is 0 Å². The third-order valence-corrected chi connectivity index (χ3v) is 3.70. The van der Waals surface area contributed by atoms with Crippen molar-refractivity contribution in [1.82, 2.24) is 9.88 Å². The molecule has 0 radical (unpaired) electrons. The largest absolute Gasteiger partial charge is 0.419 e. The van der Waals surface area contributed by atoms with Gasteiger partial charge in [-0.2, -0.15) is 0 Å². The molecule has 0 saturated carbocycles. The van der Waals surface area contributed by atoms with Crippen molar-refractivity contribution in [3.63, 3.8) is 0 Å². The molecule has 0 saturated heterocycles. The van der Waals surface area contributed by atoms with Gasteiger partial charge in [0.25, 0.3) is 5.91 Å². The Morgan fingerprint density at radius 1 is 1.23 bits per heavy atom. The number of hydrogen-bond acceptors (Lipinski definition) is 3. The van der Waals surface area contributed by atoms with E-state index >= 15 is 0 Å². The Kier molecular flexibility index (Phi) is 3.55. The predicted octanol–water partition coefficient (Wildman–Crippen LogP) is 2.37. The van der Waals surface area contributed by atoms with Gasteiger partial charge in [-0.3, -0.25) is 9.36 Å². The van der Waals surface area contributed by atoms with Gasteiger partial charge in [-0.15, -0.1) is 0 Å². The number of rotatable bonds is 3. The summed E-state index contributed by atoms with van der Waals surface area (Å²) in [7, 11) is 1.66. The van der Waals surface area contributed by atoms with Crippen LogP contribution in [0.2, 0.25) is 0 Å². The normalized spacial score (nSPS) is 10.8. The van der Waals surface area contributed by atoms with E-state index in [-0.39, 0.29) is 5.91 Å². The van der Waals surface area contributed by atoms with Crippen LogP contribution in [-0.4, -0.2) is 10.5 Å². The standard InChI is InChI=1S/C17H16N2O3/c1-11-5-3-4-6-13(11)16(20)18-10-12-7-8-15-14(9-12)19(2)17(21)22-15/h3-9H,10H2,1-2H3,(H,18,20). The van der Waals surface area contributed by atoms with E-state index in [1.54, 1.807) is 19.2 Å². The average Bonchev–Trinajstić information content (AvgIpc) is 2.80. The number of hydrogen-bond donors (Lipinski definition) is 1. The van der Waals surface area contributed by atoms with Crippen molar-refractivity contribution in [2.24, 2.45) is 7.05 Å². The summed E-state index contributed by atoms with van der Waals surface area (Å²) in [5.74, 6) is -0.504. The fourth-order valence-corrected chi connectivity index (χ4v) is 2.39. The van der Waals surface area contributed by atoms with Crippen molar-refractivity contribution in [3.05, 3.63) is 69.7 Å². The average molecular weight is 296 g/mol. The van der Waals surface area contributed by atoms with Crippen molar-refractivity contribution in [2.75, 3.05) is 0 Å².